The van der Waals surface area contributed by atoms with Crippen LogP contribution < -0.4 is 9.47 Å². The summed E-state index contributed by atoms with van der Waals surface area (Å²) in [6, 6.07) is 18.2. The van der Waals surface area contributed by atoms with Crippen LogP contribution in [-0.2, 0) is 0 Å². The van der Waals surface area contributed by atoms with Crippen LogP contribution in [0, 0.1) is 11.3 Å². The van der Waals surface area contributed by atoms with Crippen LogP contribution in [0.4, 0.5) is 0 Å². The van der Waals surface area contributed by atoms with Crippen molar-refractivity contribution >= 4 is 0 Å². The summed E-state index contributed by atoms with van der Waals surface area (Å²) in [6.45, 7) is 0.271. The van der Waals surface area contributed by atoms with E-state index in [4.69, 9.17) is 14.7 Å². The molecule has 2 aromatic rings. The first kappa shape index (κ1) is 11.6. The van der Waals surface area contributed by atoms with E-state index in [1.54, 1.807) is 0 Å². The molecule has 1 aliphatic rings. The Morgan fingerprint density at radius 2 is 1.79 bits per heavy atom. The molecule has 0 radical (unpaired) electrons. The van der Waals surface area contributed by atoms with Gasteiger partial charge in [0.25, 0.3) is 0 Å². The molecule has 1 atom stereocenters. The van der Waals surface area contributed by atoms with E-state index in [1.165, 1.54) is 0 Å². The van der Waals surface area contributed by atoms with Crippen LogP contribution in [-0.4, -0.2) is 6.79 Å². The Morgan fingerprint density at radius 1 is 1.00 bits per heavy atom. The first-order valence-electron chi connectivity index (χ1n) is 6.20. The molecular formula is C16H13NO2. The number of hydrogen-bond acceptors (Lipinski definition) is 3. The van der Waals surface area contributed by atoms with Crippen molar-refractivity contribution in [2.45, 2.75) is 12.3 Å². The van der Waals surface area contributed by atoms with E-state index < -0.39 is 0 Å². The molecule has 0 spiro atoms. The van der Waals surface area contributed by atoms with Gasteiger partial charge < -0.3 is 9.47 Å². The number of ether oxygens (including phenoxy) is 2. The predicted molar refractivity (Wildman–Crippen MR) is 71.1 cm³/mol. The van der Waals surface area contributed by atoms with Crippen molar-refractivity contribution in [1.82, 2.24) is 0 Å². The summed E-state index contributed by atoms with van der Waals surface area (Å²) >= 11 is 0. The van der Waals surface area contributed by atoms with Crippen LogP contribution in [0.5, 0.6) is 11.5 Å². The molecule has 0 fully saturated rings. The topological polar surface area (TPSA) is 42.2 Å². The minimum absolute atomic E-state index is 0.0701. The fraction of sp³-hybridized carbons (Fsp3) is 0.188. The minimum Gasteiger partial charge on any atom is -0.454 e. The molecule has 0 unspecified atom stereocenters. The van der Waals surface area contributed by atoms with Gasteiger partial charge in [-0.1, -0.05) is 36.4 Å². The van der Waals surface area contributed by atoms with Gasteiger partial charge in [0.15, 0.2) is 11.5 Å². The van der Waals surface area contributed by atoms with E-state index in [0.29, 0.717) is 6.42 Å². The molecule has 0 amide bonds. The molecule has 3 rings (SSSR count). The SMILES string of the molecule is N#CC[C@@H](c1ccccc1)c1ccc2c(c1)OCO2. The number of rotatable bonds is 3. The molecule has 19 heavy (non-hydrogen) atoms. The zero-order chi connectivity index (χ0) is 13.1. The largest absolute Gasteiger partial charge is 0.454 e. The standard InChI is InChI=1S/C16H13NO2/c17-9-8-14(12-4-2-1-3-5-12)13-6-7-15-16(10-13)19-11-18-15/h1-7,10,14H,8,11H2/t14-/m0/s1. The molecule has 0 saturated carbocycles. The van der Waals surface area contributed by atoms with Gasteiger partial charge in [0.1, 0.15) is 0 Å². The number of fused-ring (bicyclic) bond motifs is 1. The minimum atomic E-state index is 0.0701. The highest BCUT2D eigenvalue weighted by Gasteiger charge is 2.19. The Bertz CT molecular complexity index is 616. The van der Waals surface area contributed by atoms with Crippen molar-refractivity contribution in [3.63, 3.8) is 0 Å². The Morgan fingerprint density at radius 3 is 2.58 bits per heavy atom. The monoisotopic (exact) mass is 251 g/mol. The maximum atomic E-state index is 9.05. The van der Waals surface area contributed by atoms with Gasteiger partial charge in [-0.25, -0.2) is 0 Å². The Kier molecular flexibility index (Phi) is 3.07. The second-order valence-corrected chi connectivity index (χ2v) is 4.44. The molecule has 0 bridgehead atoms. The van der Waals surface area contributed by atoms with Crippen LogP contribution in [0.25, 0.3) is 0 Å². The van der Waals surface area contributed by atoms with Gasteiger partial charge in [-0.3, -0.25) is 0 Å². The fourth-order valence-electron chi connectivity index (χ4n) is 2.33. The lowest BCUT2D eigenvalue weighted by Gasteiger charge is -2.15. The van der Waals surface area contributed by atoms with Crippen LogP contribution in [0.3, 0.4) is 0 Å². The van der Waals surface area contributed by atoms with E-state index >= 15 is 0 Å². The number of nitriles is 1. The quantitative estimate of drug-likeness (QED) is 0.838. The van der Waals surface area contributed by atoms with E-state index in [-0.39, 0.29) is 12.7 Å². The van der Waals surface area contributed by atoms with Crippen LogP contribution in [0.2, 0.25) is 0 Å². The average molecular weight is 251 g/mol. The van der Waals surface area contributed by atoms with Crippen LogP contribution in [0.15, 0.2) is 48.5 Å². The molecule has 94 valence electrons. The Balaban J connectivity index is 1.99. The van der Waals surface area contributed by atoms with E-state index in [2.05, 4.69) is 6.07 Å². The normalized spacial score (nSPS) is 13.8. The van der Waals surface area contributed by atoms with Crippen molar-refractivity contribution in [2.75, 3.05) is 6.79 Å². The third-order valence-corrected chi connectivity index (χ3v) is 3.30. The molecule has 3 nitrogen and oxygen atoms in total. The molecule has 0 N–H and O–H groups in total. The number of benzene rings is 2. The molecule has 0 aliphatic carbocycles. The smallest absolute Gasteiger partial charge is 0.231 e. The summed E-state index contributed by atoms with van der Waals surface area (Å²) in [4.78, 5) is 0. The molecular weight excluding hydrogens is 238 g/mol. The third kappa shape index (κ3) is 2.25. The maximum Gasteiger partial charge on any atom is 0.231 e. The molecule has 3 heteroatoms. The molecule has 1 heterocycles. The van der Waals surface area contributed by atoms with Crippen molar-refractivity contribution < 1.29 is 9.47 Å². The molecule has 2 aromatic carbocycles. The van der Waals surface area contributed by atoms with Gasteiger partial charge in [-0.15, -0.1) is 0 Å². The highest BCUT2D eigenvalue weighted by atomic mass is 16.7. The molecule has 0 aromatic heterocycles. The zero-order valence-corrected chi connectivity index (χ0v) is 10.4. The van der Waals surface area contributed by atoms with Gasteiger partial charge in [-0.2, -0.15) is 5.26 Å². The summed E-state index contributed by atoms with van der Waals surface area (Å²) in [5.41, 5.74) is 2.22. The third-order valence-electron chi connectivity index (χ3n) is 3.30. The van der Waals surface area contributed by atoms with Crippen molar-refractivity contribution in [3.8, 4) is 17.6 Å². The lowest BCUT2D eigenvalue weighted by molar-refractivity contribution is 0.174. The summed E-state index contributed by atoms with van der Waals surface area (Å²) in [7, 11) is 0. The number of hydrogen-bond donors (Lipinski definition) is 0. The Labute approximate surface area is 112 Å². The lowest BCUT2D eigenvalue weighted by atomic mass is 9.89. The zero-order valence-electron chi connectivity index (χ0n) is 10.4. The molecule has 1 aliphatic heterocycles. The first-order chi connectivity index (χ1) is 9.38. The average Bonchev–Trinajstić information content (AvgIpc) is 2.93. The fourth-order valence-corrected chi connectivity index (χ4v) is 2.33. The number of nitrogens with zero attached hydrogens (tertiary/aromatic N) is 1. The van der Waals surface area contributed by atoms with E-state index in [1.807, 2.05) is 48.5 Å². The highest BCUT2D eigenvalue weighted by molar-refractivity contribution is 5.47. The van der Waals surface area contributed by atoms with Crippen LogP contribution in [0.1, 0.15) is 23.5 Å². The second kappa shape index (κ2) is 5.03. The van der Waals surface area contributed by atoms with Gasteiger partial charge in [0.05, 0.1) is 6.07 Å². The van der Waals surface area contributed by atoms with Crippen LogP contribution >= 0.6 is 0 Å². The Hall–Kier alpha value is -2.47. The summed E-state index contributed by atoms with van der Waals surface area (Å²) in [5, 5.41) is 9.05. The predicted octanol–water partition coefficient (Wildman–Crippen LogP) is 3.46. The molecule has 0 saturated heterocycles. The van der Waals surface area contributed by atoms with Gasteiger partial charge in [-0.05, 0) is 23.3 Å². The van der Waals surface area contributed by atoms with E-state index in [9.17, 15) is 0 Å². The highest BCUT2D eigenvalue weighted by Crippen LogP contribution is 2.37. The van der Waals surface area contributed by atoms with Crippen molar-refractivity contribution in [3.05, 3.63) is 59.7 Å². The maximum absolute atomic E-state index is 9.05. The summed E-state index contributed by atoms with van der Waals surface area (Å²) in [6.07, 6.45) is 0.448. The van der Waals surface area contributed by atoms with Crippen molar-refractivity contribution in [2.24, 2.45) is 0 Å². The first-order valence-corrected chi connectivity index (χ1v) is 6.20. The van der Waals surface area contributed by atoms with Crippen molar-refractivity contribution in [1.29, 1.82) is 5.26 Å². The van der Waals surface area contributed by atoms with Gasteiger partial charge in [0, 0.05) is 12.3 Å². The van der Waals surface area contributed by atoms with Gasteiger partial charge in [0.2, 0.25) is 6.79 Å². The van der Waals surface area contributed by atoms with E-state index in [0.717, 1.165) is 22.6 Å². The second-order valence-electron chi connectivity index (χ2n) is 4.44. The summed E-state index contributed by atoms with van der Waals surface area (Å²) < 4.78 is 10.7. The summed E-state index contributed by atoms with van der Waals surface area (Å²) in [5.74, 6) is 1.60. The lowest BCUT2D eigenvalue weighted by Crippen LogP contribution is -2.00. The van der Waals surface area contributed by atoms with Gasteiger partial charge >= 0.3 is 0 Å².